The van der Waals surface area contributed by atoms with E-state index < -0.39 is 5.97 Å². The predicted octanol–water partition coefficient (Wildman–Crippen LogP) is 2.82. The summed E-state index contributed by atoms with van der Waals surface area (Å²) in [5.74, 6) is 0.0702. The summed E-state index contributed by atoms with van der Waals surface area (Å²) < 4.78 is 7.32. The molecular weight excluding hydrogens is 230 g/mol. The molecule has 0 fully saturated rings. The van der Waals surface area contributed by atoms with Crippen molar-refractivity contribution in [3.8, 4) is 5.75 Å². The fourth-order valence-electron chi connectivity index (χ4n) is 2.17. The van der Waals surface area contributed by atoms with Gasteiger partial charge in [-0.15, -0.1) is 0 Å². The Hall–Kier alpha value is -1.97. The van der Waals surface area contributed by atoms with Gasteiger partial charge in [-0.3, -0.25) is 4.79 Å². The molecule has 0 atom stereocenters. The second-order valence-corrected chi connectivity index (χ2v) is 4.39. The monoisotopic (exact) mass is 247 g/mol. The molecule has 1 aromatic carbocycles. The number of nitrogens with zero attached hydrogens (tertiary/aromatic N) is 1. The molecular formula is C14H17NO3. The van der Waals surface area contributed by atoms with Crippen molar-refractivity contribution in [1.29, 1.82) is 0 Å². The number of rotatable bonds is 5. The van der Waals surface area contributed by atoms with Gasteiger partial charge in [0.15, 0.2) is 0 Å². The van der Waals surface area contributed by atoms with Gasteiger partial charge in [-0.1, -0.05) is 0 Å². The third-order valence-corrected chi connectivity index (χ3v) is 3.08. The van der Waals surface area contributed by atoms with Crippen molar-refractivity contribution in [2.24, 2.45) is 0 Å². The number of hydrogen-bond acceptors (Lipinski definition) is 2. The van der Waals surface area contributed by atoms with Crippen LogP contribution in [0.5, 0.6) is 5.75 Å². The highest BCUT2D eigenvalue weighted by Gasteiger charge is 2.07. The highest BCUT2D eigenvalue weighted by molar-refractivity contribution is 5.85. The van der Waals surface area contributed by atoms with E-state index in [9.17, 15) is 4.79 Å². The molecule has 4 nitrogen and oxygen atoms in total. The highest BCUT2D eigenvalue weighted by atomic mass is 16.5. The summed E-state index contributed by atoms with van der Waals surface area (Å²) in [5, 5.41) is 9.85. The van der Waals surface area contributed by atoms with Crippen molar-refractivity contribution in [1.82, 2.24) is 4.57 Å². The first-order valence-electron chi connectivity index (χ1n) is 5.97. The molecule has 0 aliphatic rings. The lowest BCUT2D eigenvalue weighted by atomic mass is 10.2. The molecule has 4 heteroatoms. The molecule has 0 aliphatic carbocycles. The molecule has 2 aromatic rings. The summed E-state index contributed by atoms with van der Waals surface area (Å²) in [6.07, 6.45) is 2.89. The standard InChI is InChI=1S/C14H17NO3/c1-10-9-15(7-3-4-14(16)17)13-8-11(18-2)5-6-12(10)13/h5-6,8-9H,3-4,7H2,1-2H3,(H,16,17). The number of carboxylic acids is 1. The Balaban J connectivity index is 2.28. The van der Waals surface area contributed by atoms with E-state index in [0.29, 0.717) is 13.0 Å². The quantitative estimate of drug-likeness (QED) is 0.883. The summed E-state index contributed by atoms with van der Waals surface area (Å²) in [6.45, 7) is 2.77. The minimum atomic E-state index is -0.749. The Morgan fingerprint density at radius 3 is 2.89 bits per heavy atom. The van der Waals surface area contributed by atoms with Gasteiger partial charge in [0.25, 0.3) is 0 Å². The molecule has 0 spiro atoms. The van der Waals surface area contributed by atoms with Crippen LogP contribution in [0, 0.1) is 6.92 Å². The molecule has 0 aliphatic heterocycles. The van der Waals surface area contributed by atoms with Gasteiger partial charge >= 0.3 is 5.97 Å². The van der Waals surface area contributed by atoms with Crippen molar-refractivity contribution in [3.05, 3.63) is 30.0 Å². The molecule has 1 heterocycles. The molecule has 18 heavy (non-hydrogen) atoms. The van der Waals surface area contributed by atoms with Crippen LogP contribution >= 0.6 is 0 Å². The molecule has 2 rings (SSSR count). The van der Waals surface area contributed by atoms with Crippen LogP contribution in [0.15, 0.2) is 24.4 Å². The van der Waals surface area contributed by atoms with E-state index in [4.69, 9.17) is 9.84 Å². The second kappa shape index (κ2) is 5.12. The molecule has 1 aromatic heterocycles. The molecule has 0 radical (unpaired) electrons. The Morgan fingerprint density at radius 1 is 1.44 bits per heavy atom. The number of carbonyl (C=O) groups is 1. The number of hydrogen-bond donors (Lipinski definition) is 1. The second-order valence-electron chi connectivity index (χ2n) is 4.39. The molecule has 0 bridgehead atoms. The minimum Gasteiger partial charge on any atom is -0.497 e. The number of fused-ring (bicyclic) bond motifs is 1. The molecule has 0 amide bonds. The number of ether oxygens (including phenoxy) is 1. The summed E-state index contributed by atoms with van der Waals surface area (Å²) in [6, 6.07) is 5.97. The van der Waals surface area contributed by atoms with Crippen LogP contribution < -0.4 is 4.74 Å². The number of benzene rings is 1. The van der Waals surface area contributed by atoms with Crippen LogP contribution in [-0.4, -0.2) is 22.8 Å². The van der Waals surface area contributed by atoms with Crippen molar-refractivity contribution in [3.63, 3.8) is 0 Å². The Labute approximate surface area is 106 Å². The minimum absolute atomic E-state index is 0.197. The van der Waals surface area contributed by atoms with E-state index in [2.05, 4.69) is 17.7 Å². The van der Waals surface area contributed by atoms with Gasteiger partial charge in [0, 0.05) is 30.6 Å². The smallest absolute Gasteiger partial charge is 0.303 e. The first-order chi connectivity index (χ1) is 8.61. The van der Waals surface area contributed by atoms with Gasteiger partial charge in [-0.05, 0) is 31.0 Å². The first-order valence-corrected chi connectivity index (χ1v) is 5.97. The van der Waals surface area contributed by atoms with Crippen molar-refractivity contribution >= 4 is 16.9 Å². The lowest BCUT2D eigenvalue weighted by Crippen LogP contribution is -2.00. The van der Waals surface area contributed by atoms with Gasteiger partial charge in [0.1, 0.15) is 5.75 Å². The normalized spacial score (nSPS) is 10.8. The van der Waals surface area contributed by atoms with E-state index in [1.54, 1.807) is 7.11 Å². The van der Waals surface area contributed by atoms with E-state index in [0.717, 1.165) is 11.3 Å². The van der Waals surface area contributed by atoms with Crippen LogP contribution in [0.4, 0.5) is 0 Å². The number of aliphatic carboxylic acids is 1. The van der Waals surface area contributed by atoms with Crippen LogP contribution in [0.25, 0.3) is 10.9 Å². The van der Waals surface area contributed by atoms with E-state index in [-0.39, 0.29) is 6.42 Å². The van der Waals surface area contributed by atoms with Crippen LogP contribution in [-0.2, 0) is 11.3 Å². The Morgan fingerprint density at radius 2 is 2.22 bits per heavy atom. The van der Waals surface area contributed by atoms with Crippen LogP contribution in [0.1, 0.15) is 18.4 Å². The van der Waals surface area contributed by atoms with Gasteiger partial charge < -0.3 is 14.4 Å². The highest BCUT2D eigenvalue weighted by Crippen LogP contribution is 2.25. The predicted molar refractivity (Wildman–Crippen MR) is 70.1 cm³/mol. The first kappa shape index (κ1) is 12.5. The fourth-order valence-corrected chi connectivity index (χ4v) is 2.17. The zero-order chi connectivity index (χ0) is 13.1. The molecule has 1 N–H and O–H groups in total. The van der Waals surface area contributed by atoms with Crippen molar-refractivity contribution in [2.45, 2.75) is 26.3 Å². The maximum Gasteiger partial charge on any atom is 0.303 e. The Kier molecular flexibility index (Phi) is 3.55. The topological polar surface area (TPSA) is 51.5 Å². The number of aryl methyl sites for hydroxylation is 2. The van der Waals surface area contributed by atoms with Gasteiger partial charge in [0.05, 0.1) is 12.6 Å². The lowest BCUT2D eigenvalue weighted by molar-refractivity contribution is -0.137. The average molecular weight is 247 g/mol. The average Bonchev–Trinajstić information content (AvgIpc) is 2.65. The fraction of sp³-hybridized carbons (Fsp3) is 0.357. The van der Waals surface area contributed by atoms with Crippen molar-refractivity contribution in [2.75, 3.05) is 7.11 Å². The zero-order valence-corrected chi connectivity index (χ0v) is 10.6. The van der Waals surface area contributed by atoms with E-state index in [1.807, 2.05) is 18.2 Å². The number of carboxylic acid groups (broad SMARTS) is 1. The number of aromatic nitrogens is 1. The third kappa shape index (κ3) is 2.47. The summed E-state index contributed by atoms with van der Waals surface area (Å²) in [4.78, 5) is 10.5. The largest absolute Gasteiger partial charge is 0.497 e. The zero-order valence-electron chi connectivity index (χ0n) is 10.6. The van der Waals surface area contributed by atoms with Gasteiger partial charge in [0.2, 0.25) is 0 Å². The summed E-state index contributed by atoms with van der Waals surface area (Å²) >= 11 is 0. The maximum absolute atomic E-state index is 10.5. The van der Waals surface area contributed by atoms with Crippen LogP contribution in [0.2, 0.25) is 0 Å². The van der Waals surface area contributed by atoms with Crippen LogP contribution in [0.3, 0.4) is 0 Å². The third-order valence-electron chi connectivity index (χ3n) is 3.08. The lowest BCUT2D eigenvalue weighted by Gasteiger charge is -2.05. The van der Waals surface area contributed by atoms with E-state index >= 15 is 0 Å². The van der Waals surface area contributed by atoms with Gasteiger partial charge in [-0.2, -0.15) is 0 Å². The van der Waals surface area contributed by atoms with Crippen molar-refractivity contribution < 1.29 is 14.6 Å². The molecule has 96 valence electrons. The molecule has 0 saturated carbocycles. The Bertz CT molecular complexity index is 572. The van der Waals surface area contributed by atoms with Gasteiger partial charge in [-0.25, -0.2) is 0 Å². The maximum atomic E-state index is 10.5. The summed E-state index contributed by atoms with van der Waals surface area (Å²) in [5.41, 5.74) is 2.29. The van der Waals surface area contributed by atoms with E-state index in [1.165, 1.54) is 10.9 Å². The number of methoxy groups -OCH3 is 1. The molecule has 0 unspecified atom stereocenters. The SMILES string of the molecule is COc1ccc2c(C)cn(CCCC(=O)O)c2c1. The molecule has 0 saturated heterocycles. The summed E-state index contributed by atoms with van der Waals surface area (Å²) in [7, 11) is 1.64.